The van der Waals surface area contributed by atoms with Gasteiger partial charge in [0.05, 0.1) is 5.94 Å². The topological polar surface area (TPSA) is 166 Å². The Morgan fingerprint density at radius 1 is 1.24 bits per heavy atom. The SMILES string of the molecule is CCN1CCN(C(=O)N[C@H](C(=O)N[C@H]2Cc3ccc(F)c(C(=O)O)c3OB2O)c2ccsc2)C(=O)C1=O. The van der Waals surface area contributed by atoms with E-state index in [4.69, 9.17) is 4.65 Å². The van der Waals surface area contributed by atoms with Gasteiger partial charge in [0.15, 0.2) is 0 Å². The van der Waals surface area contributed by atoms with Crippen LogP contribution in [0, 0.1) is 5.82 Å². The van der Waals surface area contributed by atoms with Crippen LogP contribution >= 0.6 is 11.3 Å². The number of carbonyl (C=O) groups is 5. The lowest BCUT2D eigenvalue weighted by atomic mass is 9.72. The Balaban J connectivity index is 1.51. The summed E-state index contributed by atoms with van der Waals surface area (Å²) < 4.78 is 19.2. The predicted octanol–water partition coefficient (Wildman–Crippen LogP) is 0.166. The van der Waals surface area contributed by atoms with Crippen molar-refractivity contribution < 1.29 is 43.1 Å². The minimum absolute atomic E-state index is 0.0450. The lowest BCUT2D eigenvalue weighted by Gasteiger charge is -2.33. The number of piperazine rings is 1. The van der Waals surface area contributed by atoms with Gasteiger partial charge in [0.1, 0.15) is 23.2 Å². The van der Waals surface area contributed by atoms with Crippen molar-refractivity contribution in [1.82, 2.24) is 20.4 Å². The zero-order chi connectivity index (χ0) is 26.9. The average Bonchev–Trinajstić information content (AvgIpc) is 3.39. The van der Waals surface area contributed by atoms with E-state index >= 15 is 0 Å². The fourth-order valence-corrected chi connectivity index (χ4v) is 4.82. The summed E-state index contributed by atoms with van der Waals surface area (Å²) in [5, 5.41) is 28.0. The van der Waals surface area contributed by atoms with E-state index in [0.29, 0.717) is 12.1 Å². The van der Waals surface area contributed by atoms with E-state index in [0.717, 1.165) is 11.0 Å². The van der Waals surface area contributed by atoms with Crippen molar-refractivity contribution in [2.75, 3.05) is 19.6 Å². The van der Waals surface area contributed by atoms with Crippen LogP contribution in [0.2, 0.25) is 0 Å². The first-order chi connectivity index (χ1) is 17.6. The molecule has 1 aromatic carbocycles. The van der Waals surface area contributed by atoms with E-state index in [9.17, 15) is 38.5 Å². The lowest BCUT2D eigenvalue weighted by Crippen LogP contribution is -2.60. The maximum Gasteiger partial charge on any atom is 0.547 e. The van der Waals surface area contributed by atoms with Gasteiger partial charge in [-0.2, -0.15) is 11.3 Å². The first-order valence-corrected chi connectivity index (χ1v) is 12.2. The van der Waals surface area contributed by atoms with E-state index in [1.807, 2.05) is 0 Å². The number of hydrogen-bond acceptors (Lipinski definition) is 8. The Bertz CT molecular complexity index is 1260. The van der Waals surface area contributed by atoms with Gasteiger partial charge in [-0.15, -0.1) is 0 Å². The minimum atomic E-state index is -1.71. The largest absolute Gasteiger partial charge is 0.547 e. The van der Waals surface area contributed by atoms with E-state index < -0.39 is 60.2 Å². The summed E-state index contributed by atoms with van der Waals surface area (Å²) in [5.41, 5.74) is -0.0841. The number of rotatable bonds is 6. The molecule has 12 nitrogen and oxygen atoms in total. The molecule has 0 spiro atoms. The second-order valence-electron chi connectivity index (χ2n) is 8.32. The van der Waals surface area contributed by atoms with Crippen LogP contribution in [0.4, 0.5) is 9.18 Å². The lowest BCUT2D eigenvalue weighted by molar-refractivity contribution is -0.153. The highest BCUT2D eigenvalue weighted by Crippen LogP contribution is 2.32. The van der Waals surface area contributed by atoms with Crippen molar-refractivity contribution >= 4 is 48.2 Å². The van der Waals surface area contributed by atoms with Gasteiger partial charge in [-0.3, -0.25) is 19.3 Å². The Morgan fingerprint density at radius 2 is 2.00 bits per heavy atom. The van der Waals surface area contributed by atoms with Crippen LogP contribution in [0.3, 0.4) is 0 Å². The molecule has 4 rings (SSSR count). The number of fused-ring (bicyclic) bond motifs is 1. The molecule has 5 amide bonds. The quantitative estimate of drug-likeness (QED) is 0.302. The van der Waals surface area contributed by atoms with E-state index in [2.05, 4.69) is 10.6 Å². The number of likely N-dealkylation sites (N-methyl/N-ethyl adjacent to an activating group) is 1. The van der Waals surface area contributed by atoms with E-state index in [1.54, 1.807) is 23.8 Å². The molecule has 15 heteroatoms. The van der Waals surface area contributed by atoms with Gasteiger partial charge in [0, 0.05) is 19.6 Å². The molecule has 0 saturated carbocycles. The zero-order valence-electron chi connectivity index (χ0n) is 19.5. The molecular formula is C22H22BFN4O8S. The van der Waals surface area contributed by atoms with Gasteiger partial charge in [0.25, 0.3) is 0 Å². The number of nitrogens with one attached hydrogen (secondary N) is 2. The maximum absolute atomic E-state index is 14.0. The Morgan fingerprint density at radius 3 is 2.65 bits per heavy atom. The molecule has 0 aliphatic carbocycles. The molecule has 0 bridgehead atoms. The smallest absolute Gasteiger partial charge is 0.534 e. The Labute approximate surface area is 214 Å². The van der Waals surface area contributed by atoms with Gasteiger partial charge >= 0.3 is 30.9 Å². The molecule has 2 atom stereocenters. The molecule has 2 aliphatic heterocycles. The highest BCUT2D eigenvalue weighted by atomic mass is 32.1. The van der Waals surface area contributed by atoms with Gasteiger partial charge in [0.2, 0.25) is 5.91 Å². The molecule has 37 heavy (non-hydrogen) atoms. The second kappa shape index (κ2) is 10.6. The van der Waals surface area contributed by atoms with Gasteiger partial charge < -0.3 is 30.3 Å². The third-order valence-corrected chi connectivity index (χ3v) is 6.80. The summed E-state index contributed by atoms with van der Waals surface area (Å²) in [6.45, 7) is 2.14. The summed E-state index contributed by atoms with van der Waals surface area (Å²) in [5.74, 6) is -6.59. The number of imide groups is 1. The molecule has 1 aromatic heterocycles. The van der Waals surface area contributed by atoms with Crippen molar-refractivity contribution in [2.24, 2.45) is 0 Å². The first kappa shape index (κ1) is 26.1. The molecule has 1 saturated heterocycles. The zero-order valence-corrected chi connectivity index (χ0v) is 20.3. The van der Waals surface area contributed by atoms with Crippen molar-refractivity contribution in [2.45, 2.75) is 25.3 Å². The highest BCUT2D eigenvalue weighted by Gasteiger charge is 2.41. The van der Waals surface area contributed by atoms with Crippen LogP contribution < -0.4 is 15.3 Å². The van der Waals surface area contributed by atoms with Crippen molar-refractivity contribution in [3.63, 3.8) is 0 Å². The average molecular weight is 532 g/mol. The van der Waals surface area contributed by atoms with Crippen LogP contribution in [-0.2, 0) is 20.8 Å². The molecule has 194 valence electrons. The van der Waals surface area contributed by atoms with Crippen molar-refractivity contribution in [3.05, 3.63) is 51.5 Å². The summed E-state index contributed by atoms with van der Waals surface area (Å²) >= 11 is 1.26. The van der Waals surface area contributed by atoms with Gasteiger partial charge in [-0.05, 0) is 47.4 Å². The monoisotopic (exact) mass is 532 g/mol. The molecule has 1 fully saturated rings. The maximum atomic E-state index is 14.0. The van der Waals surface area contributed by atoms with Crippen molar-refractivity contribution in [1.29, 1.82) is 0 Å². The van der Waals surface area contributed by atoms with Crippen LogP contribution in [0.15, 0.2) is 29.0 Å². The standard InChI is InChI=1S/C22H22BFN4O8S/c1-2-27-6-7-28(20(31)19(27)30)22(34)26-16(12-5-8-37-10-12)18(29)25-14-9-11-3-4-13(24)15(21(32)33)17(11)36-23(14)35/h3-5,8,10,14,16,35H,2,6-7,9H2,1H3,(H,25,29)(H,26,34)(H,32,33)/t14-,16-/m0/s1. The molecular weight excluding hydrogens is 510 g/mol. The fraction of sp³-hybridized carbons (Fsp3) is 0.318. The van der Waals surface area contributed by atoms with Crippen LogP contribution in [-0.4, -0.2) is 82.3 Å². The van der Waals surface area contributed by atoms with Crippen LogP contribution in [0.25, 0.3) is 0 Å². The number of aromatic carboxylic acids is 1. The number of thiophene rings is 1. The second-order valence-corrected chi connectivity index (χ2v) is 9.10. The summed E-state index contributed by atoms with van der Waals surface area (Å²) in [4.78, 5) is 64.2. The molecule has 3 heterocycles. The number of carbonyl (C=O) groups excluding carboxylic acids is 4. The van der Waals surface area contributed by atoms with Gasteiger partial charge in [-0.25, -0.2) is 14.0 Å². The number of carboxylic acids is 1. The summed E-state index contributed by atoms with van der Waals surface area (Å²) in [6, 6.07) is 1.60. The Kier molecular flexibility index (Phi) is 7.45. The number of nitrogens with zero attached hydrogens (tertiary/aromatic N) is 2. The number of carboxylic acid groups (broad SMARTS) is 1. The summed E-state index contributed by atoms with van der Waals surface area (Å²) in [7, 11) is -1.71. The number of hydrogen-bond donors (Lipinski definition) is 4. The molecule has 2 aromatic rings. The van der Waals surface area contributed by atoms with Crippen molar-refractivity contribution in [3.8, 4) is 5.75 Å². The summed E-state index contributed by atoms with van der Waals surface area (Å²) in [6.07, 6.45) is -0.0843. The Hall–Kier alpha value is -3.98. The van der Waals surface area contributed by atoms with Crippen LogP contribution in [0.5, 0.6) is 5.75 Å². The highest BCUT2D eigenvalue weighted by molar-refractivity contribution is 7.08. The van der Waals surface area contributed by atoms with E-state index in [-0.39, 0.29) is 30.8 Å². The fourth-order valence-electron chi connectivity index (χ4n) is 4.14. The third kappa shape index (κ3) is 5.13. The molecule has 2 aliphatic rings. The number of amides is 5. The van der Waals surface area contributed by atoms with Gasteiger partial charge in [-0.1, -0.05) is 6.07 Å². The predicted molar refractivity (Wildman–Crippen MR) is 127 cm³/mol. The minimum Gasteiger partial charge on any atom is -0.534 e. The third-order valence-electron chi connectivity index (χ3n) is 6.09. The number of urea groups is 1. The molecule has 4 N–H and O–H groups in total. The number of benzene rings is 1. The number of halogens is 1. The first-order valence-electron chi connectivity index (χ1n) is 11.3. The van der Waals surface area contributed by atoms with E-state index in [1.165, 1.54) is 22.3 Å². The van der Waals surface area contributed by atoms with Crippen LogP contribution in [0.1, 0.15) is 34.5 Å². The normalized spacial score (nSPS) is 18.1. The molecule has 0 unspecified atom stereocenters. The molecule has 0 radical (unpaired) electrons.